The SMILES string of the molecule is CCCCCC(O)C1(CN)CCC(CC)C1. The Kier molecular flexibility index (Phi) is 5.77. The molecule has 0 bridgehead atoms. The molecule has 2 heteroatoms. The lowest BCUT2D eigenvalue weighted by atomic mass is 9.77. The fourth-order valence-electron chi connectivity index (χ4n) is 3.14. The molecular weight excluding hydrogens is 198 g/mol. The summed E-state index contributed by atoms with van der Waals surface area (Å²) in [7, 11) is 0. The Labute approximate surface area is 101 Å². The fourth-order valence-corrected chi connectivity index (χ4v) is 3.14. The van der Waals surface area contributed by atoms with E-state index in [1.165, 1.54) is 25.7 Å². The first kappa shape index (κ1) is 14.0. The van der Waals surface area contributed by atoms with Gasteiger partial charge in [-0.05, 0) is 31.6 Å². The minimum Gasteiger partial charge on any atom is -0.393 e. The second-order valence-electron chi connectivity index (χ2n) is 5.60. The first-order chi connectivity index (χ1) is 7.68. The number of aliphatic hydroxyl groups is 1. The molecule has 0 aliphatic heterocycles. The molecule has 0 spiro atoms. The van der Waals surface area contributed by atoms with Crippen LogP contribution in [-0.2, 0) is 0 Å². The van der Waals surface area contributed by atoms with Crippen molar-refractivity contribution in [1.29, 1.82) is 0 Å². The van der Waals surface area contributed by atoms with E-state index in [2.05, 4.69) is 13.8 Å². The van der Waals surface area contributed by atoms with Crippen molar-refractivity contribution in [3.05, 3.63) is 0 Å². The zero-order valence-electron chi connectivity index (χ0n) is 11.0. The fraction of sp³-hybridized carbons (Fsp3) is 1.00. The minimum atomic E-state index is -0.166. The number of rotatable bonds is 7. The third-order valence-corrected chi connectivity index (χ3v) is 4.52. The molecular formula is C14H29NO. The van der Waals surface area contributed by atoms with Crippen molar-refractivity contribution in [3.8, 4) is 0 Å². The summed E-state index contributed by atoms with van der Waals surface area (Å²) in [6.07, 6.45) is 9.16. The van der Waals surface area contributed by atoms with Crippen LogP contribution in [-0.4, -0.2) is 17.8 Å². The van der Waals surface area contributed by atoms with Gasteiger partial charge in [0.1, 0.15) is 0 Å². The van der Waals surface area contributed by atoms with Crippen molar-refractivity contribution in [3.63, 3.8) is 0 Å². The number of aliphatic hydroxyl groups excluding tert-OH is 1. The Balaban J connectivity index is 2.46. The van der Waals surface area contributed by atoms with Crippen molar-refractivity contribution in [2.24, 2.45) is 17.1 Å². The van der Waals surface area contributed by atoms with Crippen LogP contribution in [0.3, 0.4) is 0 Å². The molecule has 1 rings (SSSR count). The predicted molar refractivity (Wildman–Crippen MR) is 69.3 cm³/mol. The molecule has 0 amide bonds. The Morgan fingerprint density at radius 2 is 2.12 bits per heavy atom. The van der Waals surface area contributed by atoms with Crippen molar-refractivity contribution < 1.29 is 5.11 Å². The van der Waals surface area contributed by atoms with Crippen molar-refractivity contribution in [2.45, 2.75) is 71.3 Å². The highest BCUT2D eigenvalue weighted by molar-refractivity contribution is 4.94. The molecule has 0 aromatic heterocycles. The number of nitrogens with two attached hydrogens (primary N) is 1. The molecule has 0 radical (unpaired) electrons. The van der Waals surface area contributed by atoms with Crippen molar-refractivity contribution >= 4 is 0 Å². The van der Waals surface area contributed by atoms with Crippen LogP contribution in [0.2, 0.25) is 0 Å². The molecule has 0 saturated heterocycles. The molecule has 0 aromatic carbocycles. The summed E-state index contributed by atoms with van der Waals surface area (Å²) in [5, 5.41) is 10.4. The van der Waals surface area contributed by atoms with Crippen molar-refractivity contribution in [2.75, 3.05) is 6.54 Å². The van der Waals surface area contributed by atoms with Gasteiger partial charge in [-0.25, -0.2) is 0 Å². The third-order valence-electron chi connectivity index (χ3n) is 4.52. The Morgan fingerprint density at radius 3 is 2.62 bits per heavy atom. The van der Waals surface area contributed by atoms with E-state index < -0.39 is 0 Å². The molecule has 1 aliphatic rings. The van der Waals surface area contributed by atoms with Gasteiger partial charge in [0.25, 0.3) is 0 Å². The lowest BCUT2D eigenvalue weighted by Crippen LogP contribution is -2.39. The van der Waals surface area contributed by atoms with Crippen LogP contribution in [0.5, 0.6) is 0 Å². The molecule has 16 heavy (non-hydrogen) atoms. The smallest absolute Gasteiger partial charge is 0.0608 e. The van der Waals surface area contributed by atoms with E-state index in [1.54, 1.807) is 0 Å². The van der Waals surface area contributed by atoms with Gasteiger partial charge < -0.3 is 10.8 Å². The second kappa shape index (κ2) is 6.61. The van der Waals surface area contributed by atoms with Gasteiger partial charge >= 0.3 is 0 Å². The van der Waals surface area contributed by atoms with E-state index in [0.717, 1.165) is 31.6 Å². The van der Waals surface area contributed by atoms with E-state index in [9.17, 15) is 5.11 Å². The van der Waals surface area contributed by atoms with Gasteiger partial charge in [0.05, 0.1) is 6.10 Å². The first-order valence-corrected chi connectivity index (χ1v) is 7.06. The second-order valence-corrected chi connectivity index (χ2v) is 5.60. The van der Waals surface area contributed by atoms with Crippen molar-refractivity contribution in [1.82, 2.24) is 0 Å². The molecule has 1 fully saturated rings. The third kappa shape index (κ3) is 3.21. The molecule has 2 nitrogen and oxygen atoms in total. The summed E-state index contributed by atoms with van der Waals surface area (Å²) in [6, 6.07) is 0. The van der Waals surface area contributed by atoms with E-state index in [4.69, 9.17) is 5.73 Å². The average Bonchev–Trinajstić information content (AvgIpc) is 2.74. The highest BCUT2D eigenvalue weighted by atomic mass is 16.3. The zero-order valence-corrected chi connectivity index (χ0v) is 11.0. The van der Waals surface area contributed by atoms with E-state index in [0.29, 0.717) is 6.54 Å². The van der Waals surface area contributed by atoms with Gasteiger partial charge in [0.2, 0.25) is 0 Å². The van der Waals surface area contributed by atoms with Gasteiger partial charge in [-0.15, -0.1) is 0 Å². The van der Waals surface area contributed by atoms with Gasteiger partial charge in [0, 0.05) is 12.0 Å². The summed E-state index contributed by atoms with van der Waals surface area (Å²) in [5.41, 5.74) is 5.98. The molecule has 3 N–H and O–H groups in total. The number of hydrogen-bond acceptors (Lipinski definition) is 2. The minimum absolute atomic E-state index is 0.0500. The lowest BCUT2D eigenvalue weighted by Gasteiger charge is -2.33. The van der Waals surface area contributed by atoms with Crippen LogP contribution < -0.4 is 5.73 Å². The standard InChI is InChI=1S/C14H29NO/c1-3-5-6-7-13(16)14(11-15)9-8-12(4-2)10-14/h12-13,16H,3-11,15H2,1-2H3. The zero-order chi connectivity index (χ0) is 12.0. The largest absolute Gasteiger partial charge is 0.393 e. The maximum atomic E-state index is 10.4. The molecule has 3 atom stereocenters. The van der Waals surface area contributed by atoms with Gasteiger partial charge in [-0.3, -0.25) is 0 Å². The highest BCUT2D eigenvalue weighted by Crippen LogP contribution is 2.45. The quantitative estimate of drug-likeness (QED) is 0.657. The Bertz CT molecular complexity index is 195. The van der Waals surface area contributed by atoms with E-state index in [-0.39, 0.29) is 11.5 Å². The summed E-state index contributed by atoms with van der Waals surface area (Å²) >= 11 is 0. The maximum Gasteiger partial charge on any atom is 0.0608 e. The highest BCUT2D eigenvalue weighted by Gasteiger charge is 2.42. The average molecular weight is 227 g/mol. The van der Waals surface area contributed by atoms with Crippen LogP contribution in [0.1, 0.15) is 65.2 Å². The summed E-state index contributed by atoms with van der Waals surface area (Å²) < 4.78 is 0. The molecule has 1 saturated carbocycles. The lowest BCUT2D eigenvalue weighted by molar-refractivity contribution is 0.0232. The van der Waals surface area contributed by atoms with Crippen LogP contribution in [0, 0.1) is 11.3 Å². The topological polar surface area (TPSA) is 46.2 Å². The van der Waals surface area contributed by atoms with Gasteiger partial charge in [-0.1, -0.05) is 39.5 Å². The normalized spacial score (nSPS) is 31.9. The maximum absolute atomic E-state index is 10.4. The molecule has 96 valence electrons. The molecule has 3 unspecified atom stereocenters. The van der Waals surface area contributed by atoms with Gasteiger partial charge in [0.15, 0.2) is 0 Å². The van der Waals surface area contributed by atoms with Crippen LogP contribution in [0.4, 0.5) is 0 Å². The summed E-state index contributed by atoms with van der Waals surface area (Å²) in [6.45, 7) is 5.12. The first-order valence-electron chi connectivity index (χ1n) is 7.06. The monoisotopic (exact) mass is 227 g/mol. The van der Waals surface area contributed by atoms with Crippen LogP contribution >= 0.6 is 0 Å². The summed E-state index contributed by atoms with van der Waals surface area (Å²) in [4.78, 5) is 0. The van der Waals surface area contributed by atoms with E-state index >= 15 is 0 Å². The van der Waals surface area contributed by atoms with Crippen LogP contribution in [0.25, 0.3) is 0 Å². The van der Waals surface area contributed by atoms with Crippen LogP contribution in [0.15, 0.2) is 0 Å². The van der Waals surface area contributed by atoms with E-state index in [1.807, 2.05) is 0 Å². The molecule has 0 aromatic rings. The molecule has 0 heterocycles. The Hall–Kier alpha value is -0.0800. The predicted octanol–water partition coefficient (Wildman–Crippen LogP) is 3.08. The molecule has 1 aliphatic carbocycles. The Morgan fingerprint density at radius 1 is 1.38 bits per heavy atom. The summed E-state index contributed by atoms with van der Waals surface area (Å²) in [5.74, 6) is 0.796. The number of unbranched alkanes of at least 4 members (excludes halogenated alkanes) is 2. The van der Waals surface area contributed by atoms with Gasteiger partial charge in [-0.2, -0.15) is 0 Å². The number of hydrogen-bond donors (Lipinski definition) is 2.